The van der Waals surface area contributed by atoms with Gasteiger partial charge >= 0.3 is 0 Å². The molecule has 0 aliphatic carbocycles. The quantitative estimate of drug-likeness (QED) is 0.787. The number of carbonyl (C=O) groups excluding carboxylic acids is 1. The van der Waals surface area contributed by atoms with Gasteiger partial charge in [-0.3, -0.25) is 4.79 Å². The van der Waals surface area contributed by atoms with Gasteiger partial charge in [0.25, 0.3) is 5.91 Å². The van der Waals surface area contributed by atoms with Crippen LogP contribution < -0.4 is 5.73 Å². The molecule has 0 radical (unpaired) electrons. The zero-order chi connectivity index (χ0) is 11.4. The Labute approximate surface area is 92.7 Å². The number of amides is 1. The fraction of sp³-hybridized carbons (Fsp3) is 0.200. The smallest absolute Gasteiger partial charge is 0.256 e. The molecule has 0 saturated heterocycles. The van der Waals surface area contributed by atoms with Crippen molar-refractivity contribution in [2.24, 2.45) is 5.73 Å². The van der Waals surface area contributed by atoms with Gasteiger partial charge < -0.3 is 10.6 Å². The molecular weight excluding hydrogens is 215 g/mol. The molecule has 1 aromatic carbocycles. The molecular formula is C10H11FN2OS. The molecule has 15 heavy (non-hydrogen) atoms. The largest absolute Gasteiger partial charge is 0.392 e. The van der Waals surface area contributed by atoms with E-state index >= 15 is 0 Å². The molecule has 0 spiro atoms. The van der Waals surface area contributed by atoms with Crippen molar-refractivity contribution in [1.82, 2.24) is 4.90 Å². The van der Waals surface area contributed by atoms with Crippen molar-refractivity contribution in [2.75, 3.05) is 13.6 Å². The number of carbonyl (C=O) groups is 1. The predicted octanol–water partition coefficient (Wildman–Crippen LogP) is 1.18. The van der Waals surface area contributed by atoms with Crippen LogP contribution in [0, 0.1) is 5.82 Å². The molecule has 0 fully saturated rings. The second-order valence-corrected chi connectivity index (χ2v) is 3.63. The van der Waals surface area contributed by atoms with Crippen LogP contribution in [-0.2, 0) is 0 Å². The van der Waals surface area contributed by atoms with Crippen molar-refractivity contribution in [3.8, 4) is 0 Å². The molecule has 1 aromatic rings. The van der Waals surface area contributed by atoms with Crippen molar-refractivity contribution in [2.45, 2.75) is 0 Å². The van der Waals surface area contributed by atoms with E-state index in [9.17, 15) is 9.18 Å². The molecule has 0 aliphatic heterocycles. The number of hydrogen-bond donors (Lipinski definition) is 1. The molecule has 0 saturated carbocycles. The lowest BCUT2D eigenvalue weighted by atomic mass is 10.2. The van der Waals surface area contributed by atoms with Crippen molar-refractivity contribution >= 4 is 23.1 Å². The van der Waals surface area contributed by atoms with E-state index in [1.165, 1.54) is 30.1 Å². The number of nitrogens with two attached hydrogens (primary N) is 1. The number of thiocarbonyl (C=S) groups is 1. The standard InChI is InChI=1S/C10H11FN2OS/c1-13(6-9(12)15)10(14)7-4-2-3-5-8(7)11/h2-5H,6H2,1H3,(H2,12,15). The molecule has 5 heteroatoms. The lowest BCUT2D eigenvalue weighted by Gasteiger charge is -2.16. The summed E-state index contributed by atoms with van der Waals surface area (Å²) in [4.78, 5) is 13.1. The average molecular weight is 226 g/mol. The molecule has 0 heterocycles. The third kappa shape index (κ3) is 2.99. The molecule has 0 bridgehead atoms. The lowest BCUT2D eigenvalue weighted by molar-refractivity contribution is 0.0810. The van der Waals surface area contributed by atoms with Gasteiger partial charge in [0.2, 0.25) is 0 Å². The van der Waals surface area contributed by atoms with Gasteiger partial charge in [-0.2, -0.15) is 0 Å². The Kier molecular flexibility index (Phi) is 3.74. The topological polar surface area (TPSA) is 46.3 Å². The zero-order valence-corrected chi connectivity index (χ0v) is 9.05. The first-order chi connectivity index (χ1) is 7.02. The first-order valence-corrected chi connectivity index (χ1v) is 4.71. The summed E-state index contributed by atoms with van der Waals surface area (Å²) in [7, 11) is 1.52. The van der Waals surface area contributed by atoms with E-state index in [0.29, 0.717) is 0 Å². The molecule has 2 N–H and O–H groups in total. The van der Waals surface area contributed by atoms with Crippen LogP contribution in [0.5, 0.6) is 0 Å². The molecule has 1 amide bonds. The van der Waals surface area contributed by atoms with Crippen LogP contribution in [0.25, 0.3) is 0 Å². The van der Waals surface area contributed by atoms with Crippen LogP contribution >= 0.6 is 12.2 Å². The Morgan fingerprint density at radius 3 is 2.67 bits per heavy atom. The Bertz CT molecular complexity index is 395. The summed E-state index contributed by atoms with van der Waals surface area (Å²) in [5.74, 6) is -0.974. The highest BCUT2D eigenvalue weighted by Crippen LogP contribution is 2.08. The molecule has 1 rings (SSSR count). The minimum absolute atomic E-state index is 0.0243. The van der Waals surface area contributed by atoms with Crippen molar-refractivity contribution in [3.63, 3.8) is 0 Å². The van der Waals surface area contributed by atoms with Gasteiger partial charge in [0, 0.05) is 7.05 Å². The van der Waals surface area contributed by atoms with E-state index in [4.69, 9.17) is 5.73 Å². The van der Waals surface area contributed by atoms with E-state index in [2.05, 4.69) is 12.2 Å². The second-order valence-electron chi connectivity index (χ2n) is 3.11. The fourth-order valence-electron chi connectivity index (χ4n) is 1.15. The van der Waals surface area contributed by atoms with E-state index < -0.39 is 11.7 Å². The highest BCUT2D eigenvalue weighted by molar-refractivity contribution is 7.80. The normalized spacial score (nSPS) is 9.73. The summed E-state index contributed by atoms with van der Waals surface area (Å²) in [6.07, 6.45) is 0. The molecule has 0 aliphatic rings. The number of hydrogen-bond acceptors (Lipinski definition) is 2. The van der Waals surface area contributed by atoms with Crippen molar-refractivity contribution in [1.29, 1.82) is 0 Å². The van der Waals surface area contributed by atoms with Crippen LogP contribution in [0.15, 0.2) is 24.3 Å². The van der Waals surface area contributed by atoms with Gasteiger partial charge in [0.15, 0.2) is 0 Å². The number of rotatable bonds is 3. The Morgan fingerprint density at radius 2 is 2.13 bits per heavy atom. The summed E-state index contributed by atoms with van der Waals surface area (Å²) in [6, 6.07) is 5.79. The molecule has 0 unspecified atom stereocenters. The molecule has 0 atom stereocenters. The monoisotopic (exact) mass is 226 g/mol. The van der Waals surface area contributed by atoms with E-state index in [0.717, 1.165) is 0 Å². The van der Waals surface area contributed by atoms with Crippen LogP contribution in [0.2, 0.25) is 0 Å². The molecule has 80 valence electrons. The fourth-order valence-corrected chi connectivity index (χ4v) is 1.34. The number of likely N-dealkylation sites (N-methyl/N-ethyl adjacent to an activating group) is 1. The van der Waals surface area contributed by atoms with Crippen molar-refractivity contribution < 1.29 is 9.18 Å². The number of benzene rings is 1. The SMILES string of the molecule is CN(CC(N)=S)C(=O)c1ccccc1F. The summed E-state index contributed by atoms with van der Waals surface area (Å²) < 4.78 is 13.2. The van der Waals surface area contributed by atoms with Gasteiger partial charge in [0.05, 0.1) is 17.1 Å². The summed E-state index contributed by atoms with van der Waals surface area (Å²) in [5, 5.41) is 0. The summed E-state index contributed by atoms with van der Waals surface area (Å²) in [5.41, 5.74) is 5.32. The maximum atomic E-state index is 13.2. The van der Waals surface area contributed by atoms with Gasteiger partial charge in [0.1, 0.15) is 5.82 Å². The minimum atomic E-state index is -0.544. The van der Waals surface area contributed by atoms with Gasteiger partial charge in [-0.05, 0) is 12.1 Å². The molecule has 3 nitrogen and oxygen atoms in total. The van der Waals surface area contributed by atoms with Crippen LogP contribution in [0.1, 0.15) is 10.4 Å². The Morgan fingerprint density at radius 1 is 1.53 bits per heavy atom. The summed E-state index contributed by atoms with van der Waals surface area (Å²) in [6.45, 7) is 0.141. The number of nitrogens with zero attached hydrogens (tertiary/aromatic N) is 1. The second kappa shape index (κ2) is 4.84. The summed E-state index contributed by atoms with van der Waals surface area (Å²) >= 11 is 4.66. The predicted molar refractivity (Wildman–Crippen MR) is 60.1 cm³/mol. The number of halogens is 1. The maximum absolute atomic E-state index is 13.2. The van der Waals surface area contributed by atoms with E-state index in [1.807, 2.05) is 0 Å². The lowest BCUT2D eigenvalue weighted by Crippen LogP contribution is -2.34. The van der Waals surface area contributed by atoms with Gasteiger partial charge in [-0.1, -0.05) is 24.4 Å². The maximum Gasteiger partial charge on any atom is 0.256 e. The van der Waals surface area contributed by atoms with Gasteiger partial charge in [-0.15, -0.1) is 0 Å². The third-order valence-corrected chi connectivity index (χ3v) is 1.97. The average Bonchev–Trinajstić information content (AvgIpc) is 2.16. The van der Waals surface area contributed by atoms with Crippen molar-refractivity contribution in [3.05, 3.63) is 35.6 Å². The molecule has 0 aromatic heterocycles. The van der Waals surface area contributed by atoms with Gasteiger partial charge in [-0.25, -0.2) is 4.39 Å². The first kappa shape index (κ1) is 11.6. The van der Waals surface area contributed by atoms with E-state index in [-0.39, 0.29) is 17.1 Å². The highest BCUT2D eigenvalue weighted by atomic mass is 32.1. The highest BCUT2D eigenvalue weighted by Gasteiger charge is 2.15. The zero-order valence-electron chi connectivity index (χ0n) is 8.24. The first-order valence-electron chi connectivity index (χ1n) is 4.30. The minimum Gasteiger partial charge on any atom is -0.392 e. The Hall–Kier alpha value is -1.49. The third-order valence-electron chi connectivity index (χ3n) is 1.84. The van der Waals surface area contributed by atoms with E-state index in [1.54, 1.807) is 6.07 Å². The van der Waals surface area contributed by atoms with Crippen LogP contribution in [0.3, 0.4) is 0 Å². The Balaban J connectivity index is 2.85. The van der Waals surface area contributed by atoms with Crippen LogP contribution in [0.4, 0.5) is 4.39 Å². The van der Waals surface area contributed by atoms with Crippen LogP contribution in [-0.4, -0.2) is 29.4 Å².